The van der Waals surface area contributed by atoms with Crippen molar-refractivity contribution in [1.29, 1.82) is 0 Å². The molecule has 1 N–H and O–H groups in total. The molecule has 2 aromatic heterocycles. The molecule has 0 saturated heterocycles. The van der Waals surface area contributed by atoms with Crippen LogP contribution in [-0.2, 0) is 0 Å². The van der Waals surface area contributed by atoms with Crippen LogP contribution in [-0.4, -0.2) is 32.2 Å². The van der Waals surface area contributed by atoms with Gasteiger partial charge in [-0.15, -0.1) is 0 Å². The SMILES string of the molecule is Fc1cc2nc(-c3cnc(Cl)nc3NCC(F)(F)F)n(C3CC3)c2cc1F. The van der Waals surface area contributed by atoms with Gasteiger partial charge in [0.2, 0.25) is 5.28 Å². The number of nitrogens with one attached hydrogen (secondary N) is 1. The Morgan fingerprint density at radius 1 is 1.15 bits per heavy atom. The van der Waals surface area contributed by atoms with Crippen LogP contribution >= 0.6 is 11.6 Å². The topological polar surface area (TPSA) is 55.6 Å². The lowest BCUT2D eigenvalue weighted by Gasteiger charge is -2.14. The van der Waals surface area contributed by atoms with Crippen LogP contribution in [0.5, 0.6) is 0 Å². The van der Waals surface area contributed by atoms with Crippen LogP contribution in [0.2, 0.25) is 5.28 Å². The molecule has 0 amide bonds. The van der Waals surface area contributed by atoms with Gasteiger partial charge in [0.15, 0.2) is 11.6 Å². The van der Waals surface area contributed by atoms with E-state index in [9.17, 15) is 22.0 Å². The quantitative estimate of drug-likeness (QED) is 0.505. The van der Waals surface area contributed by atoms with E-state index >= 15 is 0 Å². The summed E-state index contributed by atoms with van der Waals surface area (Å²) >= 11 is 5.72. The van der Waals surface area contributed by atoms with E-state index in [1.807, 2.05) is 0 Å². The van der Waals surface area contributed by atoms with Crippen LogP contribution in [0.3, 0.4) is 0 Å². The zero-order valence-electron chi connectivity index (χ0n) is 13.5. The molecular formula is C16H11ClF5N5. The fourth-order valence-electron chi connectivity index (χ4n) is 2.83. The van der Waals surface area contributed by atoms with Crippen molar-refractivity contribution in [1.82, 2.24) is 19.5 Å². The van der Waals surface area contributed by atoms with Gasteiger partial charge in [-0.05, 0) is 24.4 Å². The highest BCUT2D eigenvalue weighted by atomic mass is 35.5. The van der Waals surface area contributed by atoms with Gasteiger partial charge in [0.1, 0.15) is 18.2 Å². The minimum atomic E-state index is -4.47. The third kappa shape index (κ3) is 3.53. The first-order valence-corrected chi connectivity index (χ1v) is 8.31. The molecular weight excluding hydrogens is 393 g/mol. The van der Waals surface area contributed by atoms with Gasteiger partial charge in [0, 0.05) is 24.4 Å². The van der Waals surface area contributed by atoms with E-state index in [-0.39, 0.29) is 34.0 Å². The number of hydrogen-bond acceptors (Lipinski definition) is 4. The number of alkyl halides is 3. The lowest BCUT2D eigenvalue weighted by atomic mass is 10.2. The fourth-order valence-corrected chi connectivity index (χ4v) is 2.96. The number of nitrogens with zero attached hydrogens (tertiary/aromatic N) is 4. The van der Waals surface area contributed by atoms with Crippen LogP contribution in [0.1, 0.15) is 18.9 Å². The van der Waals surface area contributed by atoms with Crippen molar-refractivity contribution in [3.05, 3.63) is 35.2 Å². The van der Waals surface area contributed by atoms with E-state index in [2.05, 4.69) is 20.3 Å². The first kappa shape index (κ1) is 17.9. The maximum absolute atomic E-state index is 13.7. The van der Waals surface area contributed by atoms with E-state index in [0.29, 0.717) is 5.52 Å². The highest BCUT2D eigenvalue weighted by Crippen LogP contribution is 2.42. The normalized spacial score (nSPS) is 14.7. The van der Waals surface area contributed by atoms with Crippen LogP contribution in [0, 0.1) is 11.6 Å². The summed E-state index contributed by atoms with van der Waals surface area (Å²) in [5.41, 5.74) is 0.697. The van der Waals surface area contributed by atoms with Crippen molar-refractivity contribution in [2.24, 2.45) is 0 Å². The number of aromatic nitrogens is 4. The Morgan fingerprint density at radius 2 is 1.85 bits per heavy atom. The Hall–Kier alpha value is -2.49. The van der Waals surface area contributed by atoms with Crippen molar-refractivity contribution in [3.8, 4) is 11.4 Å². The summed E-state index contributed by atoms with van der Waals surface area (Å²) in [6.45, 7) is -1.33. The van der Waals surface area contributed by atoms with Gasteiger partial charge in [-0.3, -0.25) is 0 Å². The number of halogens is 6. The highest BCUT2D eigenvalue weighted by Gasteiger charge is 2.32. The van der Waals surface area contributed by atoms with Gasteiger partial charge in [-0.25, -0.2) is 23.7 Å². The zero-order valence-corrected chi connectivity index (χ0v) is 14.2. The molecule has 3 aromatic rings. The molecule has 0 atom stereocenters. The van der Waals surface area contributed by atoms with Gasteiger partial charge in [-0.1, -0.05) is 0 Å². The molecule has 0 bridgehead atoms. The third-order valence-electron chi connectivity index (χ3n) is 4.10. The smallest absolute Gasteiger partial charge is 0.360 e. The Morgan fingerprint density at radius 3 is 2.52 bits per heavy atom. The summed E-state index contributed by atoms with van der Waals surface area (Å²) in [7, 11) is 0. The van der Waals surface area contributed by atoms with Gasteiger partial charge in [0.05, 0.1) is 16.6 Å². The Bertz CT molecular complexity index is 1030. The number of rotatable bonds is 4. The van der Waals surface area contributed by atoms with Gasteiger partial charge in [0.25, 0.3) is 0 Å². The molecule has 1 saturated carbocycles. The monoisotopic (exact) mass is 403 g/mol. The van der Waals surface area contributed by atoms with Crippen LogP contribution in [0.15, 0.2) is 18.3 Å². The second kappa shape index (κ2) is 6.29. The lowest BCUT2D eigenvalue weighted by Crippen LogP contribution is -2.22. The summed E-state index contributed by atoms with van der Waals surface area (Å²) in [6, 6.07) is 1.96. The zero-order chi connectivity index (χ0) is 19.3. The van der Waals surface area contributed by atoms with E-state index < -0.39 is 24.4 Å². The lowest BCUT2D eigenvalue weighted by molar-refractivity contribution is -0.115. The Balaban J connectivity index is 1.88. The first-order valence-electron chi connectivity index (χ1n) is 7.93. The molecule has 0 unspecified atom stereocenters. The van der Waals surface area contributed by atoms with E-state index in [1.165, 1.54) is 6.20 Å². The molecule has 4 rings (SSSR count). The third-order valence-corrected chi connectivity index (χ3v) is 4.28. The van der Waals surface area contributed by atoms with Crippen LogP contribution < -0.4 is 5.32 Å². The molecule has 27 heavy (non-hydrogen) atoms. The summed E-state index contributed by atoms with van der Waals surface area (Å²) in [6.07, 6.45) is -1.66. The molecule has 1 aliphatic rings. The van der Waals surface area contributed by atoms with E-state index in [4.69, 9.17) is 11.6 Å². The molecule has 0 aliphatic heterocycles. The van der Waals surface area contributed by atoms with Crippen LogP contribution in [0.25, 0.3) is 22.4 Å². The van der Waals surface area contributed by atoms with E-state index in [1.54, 1.807) is 4.57 Å². The molecule has 0 spiro atoms. The molecule has 11 heteroatoms. The second-order valence-electron chi connectivity index (χ2n) is 6.16. The predicted molar refractivity (Wildman–Crippen MR) is 88.5 cm³/mol. The molecule has 142 valence electrons. The maximum atomic E-state index is 13.7. The minimum absolute atomic E-state index is 0.0130. The highest BCUT2D eigenvalue weighted by molar-refractivity contribution is 6.28. The number of anilines is 1. The van der Waals surface area contributed by atoms with Crippen molar-refractivity contribution in [3.63, 3.8) is 0 Å². The molecule has 1 fully saturated rings. The Labute approximate surface area is 154 Å². The summed E-state index contributed by atoms with van der Waals surface area (Å²) in [5, 5.41) is 1.94. The average molecular weight is 404 g/mol. The number of benzene rings is 1. The standard InChI is InChI=1S/C16H11ClF5N5/c17-15-23-5-8(13(26-15)24-6-16(20,21)22)14-25-11-3-9(18)10(19)4-12(11)27(14)7-1-2-7/h3-5,7H,1-2,6H2,(H,23,24,26). The summed E-state index contributed by atoms with van der Waals surface area (Å²) < 4.78 is 66.8. The summed E-state index contributed by atoms with van der Waals surface area (Å²) in [5.74, 6) is -2.03. The summed E-state index contributed by atoms with van der Waals surface area (Å²) in [4.78, 5) is 11.9. The second-order valence-corrected chi connectivity index (χ2v) is 6.50. The minimum Gasteiger partial charge on any atom is -0.360 e. The molecule has 0 radical (unpaired) electrons. The molecule has 1 aliphatic carbocycles. The Kier molecular flexibility index (Phi) is 4.17. The van der Waals surface area contributed by atoms with Crippen molar-refractivity contribution in [2.45, 2.75) is 25.1 Å². The van der Waals surface area contributed by atoms with Crippen LogP contribution in [0.4, 0.5) is 27.8 Å². The fraction of sp³-hybridized carbons (Fsp3) is 0.312. The number of imidazole rings is 1. The molecule has 5 nitrogen and oxygen atoms in total. The van der Waals surface area contributed by atoms with Gasteiger partial charge in [-0.2, -0.15) is 13.2 Å². The molecule has 1 aromatic carbocycles. The first-order chi connectivity index (χ1) is 12.7. The van der Waals surface area contributed by atoms with Gasteiger partial charge < -0.3 is 9.88 Å². The van der Waals surface area contributed by atoms with Gasteiger partial charge >= 0.3 is 6.18 Å². The van der Waals surface area contributed by atoms with E-state index in [0.717, 1.165) is 25.0 Å². The molecule has 2 heterocycles. The van der Waals surface area contributed by atoms with Crippen molar-refractivity contribution in [2.75, 3.05) is 11.9 Å². The number of fused-ring (bicyclic) bond motifs is 1. The average Bonchev–Trinajstić information content (AvgIpc) is 3.35. The maximum Gasteiger partial charge on any atom is 0.405 e. The van der Waals surface area contributed by atoms with Crippen molar-refractivity contribution < 1.29 is 22.0 Å². The number of hydrogen-bond donors (Lipinski definition) is 1. The largest absolute Gasteiger partial charge is 0.405 e. The van der Waals surface area contributed by atoms with Crippen molar-refractivity contribution >= 4 is 28.5 Å². The predicted octanol–water partition coefficient (Wildman–Crippen LogP) is 4.73.